The van der Waals surface area contributed by atoms with E-state index in [4.69, 9.17) is 4.74 Å². The van der Waals surface area contributed by atoms with Crippen LogP contribution in [0.25, 0.3) is 0 Å². The molecule has 0 N–H and O–H groups in total. The van der Waals surface area contributed by atoms with E-state index in [-0.39, 0.29) is 6.61 Å². The molecule has 20 heavy (non-hydrogen) atoms. The summed E-state index contributed by atoms with van der Waals surface area (Å²) < 4.78 is 55.9. The van der Waals surface area contributed by atoms with E-state index in [1.165, 1.54) is 0 Å². The van der Waals surface area contributed by atoms with Crippen LogP contribution in [0, 0.1) is 11.7 Å². The highest BCUT2D eigenvalue weighted by molar-refractivity contribution is 5.91. The third-order valence-corrected chi connectivity index (χ3v) is 2.67. The number of esters is 1. The fourth-order valence-electron chi connectivity index (χ4n) is 1.67. The van der Waals surface area contributed by atoms with Gasteiger partial charge in [-0.2, -0.15) is 13.2 Å². The van der Waals surface area contributed by atoms with Gasteiger partial charge in [-0.1, -0.05) is 13.8 Å². The van der Waals surface area contributed by atoms with Gasteiger partial charge in [0.2, 0.25) is 0 Å². The number of benzene rings is 1. The fourth-order valence-corrected chi connectivity index (χ4v) is 1.67. The van der Waals surface area contributed by atoms with Crippen LogP contribution < -0.4 is 0 Å². The molecule has 0 unspecified atom stereocenters. The number of hydrogen-bond acceptors (Lipinski definition) is 2. The normalized spacial score (nSPS) is 11.8. The lowest BCUT2D eigenvalue weighted by Crippen LogP contribution is -2.16. The van der Waals surface area contributed by atoms with Gasteiger partial charge in [-0.05, 0) is 37.0 Å². The maximum absolute atomic E-state index is 13.0. The molecule has 1 aromatic carbocycles. The van der Waals surface area contributed by atoms with Crippen molar-refractivity contribution < 1.29 is 27.1 Å². The highest BCUT2D eigenvalue weighted by Crippen LogP contribution is 2.32. The molecule has 0 aliphatic rings. The van der Waals surface area contributed by atoms with Gasteiger partial charge < -0.3 is 4.74 Å². The summed E-state index contributed by atoms with van der Waals surface area (Å²) in [4.78, 5) is 11.6. The number of rotatable bonds is 5. The molecule has 0 saturated carbocycles. The monoisotopic (exact) mass is 292 g/mol. The van der Waals surface area contributed by atoms with Crippen molar-refractivity contribution in [2.24, 2.45) is 5.92 Å². The Morgan fingerprint density at radius 1 is 1.30 bits per heavy atom. The lowest BCUT2D eigenvalue weighted by Gasteiger charge is -2.12. The summed E-state index contributed by atoms with van der Waals surface area (Å²) in [5.41, 5.74) is -1.98. The average molecular weight is 292 g/mol. The van der Waals surface area contributed by atoms with E-state index in [1.54, 1.807) is 0 Å². The molecule has 0 amide bonds. The van der Waals surface area contributed by atoms with E-state index in [1.807, 2.05) is 13.8 Å². The molecule has 1 aromatic rings. The Morgan fingerprint density at radius 3 is 2.50 bits per heavy atom. The molecule has 0 radical (unpaired) electrons. The van der Waals surface area contributed by atoms with Crippen molar-refractivity contribution in [1.82, 2.24) is 0 Å². The van der Waals surface area contributed by atoms with Crippen molar-refractivity contribution in [2.45, 2.75) is 32.9 Å². The Balaban J connectivity index is 2.79. The molecule has 0 bridgehead atoms. The molecule has 0 aliphatic heterocycles. The summed E-state index contributed by atoms with van der Waals surface area (Å²) in [6.45, 7) is 3.98. The number of halogens is 4. The van der Waals surface area contributed by atoms with Crippen LogP contribution in [0.5, 0.6) is 0 Å². The molecule has 1 rings (SSSR count). The van der Waals surface area contributed by atoms with Crippen molar-refractivity contribution in [3.63, 3.8) is 0 Å². The minimum absolute atomic E-state index is 0.0187. The van der Waals surface area contributed by atoms with Gasteiger partial charge in [0, 0.05) is 0 Å². The molecular formula is C14H16F4O2. The zero-order valence-electron chi connectivity index (χ0n) is 11.3. The lowest BCUT2D eigenvalue weighted by atomic mass is 10.1. The minimum atomic E-state index is -4.72. The summed E-state index contributed by atoms with van der Waals surface area (Å²) in [7, 11) is 0. The van der Waals surface area contributed by atoms with Crippen LogP contribution in [0.4, 0.5) is 17.6 Å². The summed E-state index contributed by atoms with van der Waals surface area (Å²) in [5, 5.41) is 0. The van der Waals surface area contributed by atoms with E-state index in [2.05, 4.69) is 0 Å². The van der Waals surface area contributed by atoms with Gasteiger partial charge >= 0.3 is 12.1 Å². The maximum atomic E-state index is 13.0. The Hall–Kier alpha value is -1.59. The molecule has 0 aliphatic carbocycles. The number of alkyl halides is 3. The van der Waals surface area contributed by atoms with Crippen molar-refractivity contribution in [1.29, 1.82) is 0 Å². The molecular weight excluding hydrogens is 276 g/mol. The van der Waals surface area contributed by atoms with Gasteiger partial charge in [0.15, 0.2) is 0 Å². The Labute approximate surface area is 114 Å². The summed E-state index contributed by atoms with van der Waals surface area (Å²) in [6.07, 6.45) is -3.37. The van der Waals surface area contributed by atoms with Crippen molar-refractivity contribution >= 4 is 5.97 Å². The predicted octanol–water partition coefficient (Wildman–Crippen LogP) is 4.44. The third-order valence-electron chi connectivity index (χ3n) is 2.67. The smallest absolute Gasteiger partial charge is 0.417 e. The summed E-state index contributed by atoms with van der Waals surface area (Å²) in [6, 6.07) is 1.76. The van der Waals surface area contributed by atoms with Crippen LogP contribution >= 0.6 is 0 Å². The first-order chi connectivity index (χ1) is 9.21. The highest BCUT2D eigenvalue weighted by atomic mass is 19.4. The van der Waals surface area contributed by atoms with E-state index < -0.39 is 29.1 Å². The number of ether oxygens (including phenoxy) is 1. The molecule has 6 heteroatoms. The van der Waals surface area contributed by atoms with Crippen LogP contribution in [-0.2, 0) is 10.9 Å². The molecule has 0 heterocycles. The minimum Gasteiger partial charge on any atom is -0.462 e. The van der Waals surface area contributed by atoms with Gasteiger partial charge in [0.05, 0.1) is 17.7 Å². The van der Waals surface area contributed by atoms with Crippen LogP contribution in [0.1, 0.15) is 42.6 Å². The first-order valence-electron chi connectivity index (χ1n) is 6.25. The van der Waals surface area contributed by atoms with Gasteiger partial charge in [-0.15, -0.1) is 0 Å². The largest absolute Gasteiger partial charge is 0.462 e. The third kappa shape index (κ3) is 4.83. The Morgan fingerprint density at radius 2 is 1.95 bits per heavy atom. The zero-order chi connectivity index (χ0) is 15.3. The van der Waals surface area contributed by atoms with E-state index in [0.717, 1.165) is 6.42 Å². The average Bonchev–Trinajstić information content (AvgIpc) is 2.32. The van der Waals surface area contributed by atoms with Crippen molar-refractivity contribution in [3.8, 4) is 0 Å². The molecule has 0 saturated heterocycles. The van der Waals surface area contributed by atoms with Crippen LogP contribution in [0.3, 0.4) is 0 Å². The first-order valence-corrected chi connectivity index (χ1v) is 6.25. The first kappa shape index (κ1) is 16.5. The van der Waals surface area contributed by atoms with E-state index in [9.17, 15) is 22.4 Å². The number of carbonyl (C=O) groups is 1. The van der Waals surface area contributed by atoms with E-state index >= 15 is 0 Å². The SMILES string of the molecule is CC(C)CCCOC(=O)c1cc(F)ccc1C(F)(F)F. The van der Waals surface area contributed by atoms with E-state index in [0.29, 0.717) is 30.5 Å². The quantitative estimate of drug-likeness (QED) is 0.455. The second kappa shape index (κ2) is 6.72. The van der Waals surface area contributed by atoms with Gasteiger partial charge in [-0.3, -0.25) is 0 Å². The number of hydrogen-bond donors (Lipinski definition) is 0. The molecule has 2 nitrogen and oxygen atoms in total. The van der Waals surface area contributed by atoms with Crippen molar-refractivity contribution in [2.75, 3.05) is 6.61 Å². The van der Waals surface area contributed by atoms with Crippen LogP contribution in [0.15, 0.2) is 18.2 Å². The van der Waals surface area contributed by atoms with Crippen LogP contribution in [0.2, 0.25) is 0 Å². The second-order valence-corrected chi connectivity index (χ2v) is 4.86. The predicted molar refractivity (Wildman–Crippen MR) is 65.8 cm³/mol. The fraction of sp³-hybridized carbons (Fsp3) is 0.500. The second-order valence-electron chi connectivity index (χ2n) is 4.86. The van der Waals surface area contributed by atoms with Gasteiger partial charge in [0.25, 0.3) is 0 Å². The van der Waals surface area contributed by atoms with Gasteiger partial charge in [0.1, 0.15) is 5.82 Å². The Bertz CT molecular complexity index is 467. The van der Waals surface area contributed by atoms with Gasteiger partial charge in [-0.25, -0.2) is 9.18 Å². The molecule has 112 valence electrons. The zero-order valence-corrected chi connectivity index (χ0v) is 11.3. The topological polar surface area (TPSA) is 26.3 Å². The van der Waals surface area contributed by atoms with Crippen LogP contribution in [-0.4, -0.2) is 12.6 Å². The number of carbonyl (C=O) groups excluding carboxylic acids is 1. The molecule has 0 atom stereocenters. The Kier molecular flexibility index (Phi) is 5.53. The van der Waals surface area contributed by atoms with Crippen molar-refractivity contribution in [3.05, 3.63) is 35.1 Å². The maximum Gasteiger partial charge on any atom is 0.417 e. The molecule has 0 aromatic heterocycles. The standard InChI is InChI=1S/C14H16F4O2/c1-9(2)4-3-7-20-13(19)11-8-10(15)5-6-12(11)14(16,17)18/h5-6,8-9H,3-4,7H2,1-2H3. The molecule has 0 fully saturated rings. The lowest BCUT2D eigenvalue weighted by molar-refractivity contribution is -0.138. The molecule has 0 spiro atoms. The highest BCUT2D eigenvalue weighted by Gasteiger charge is 2.35. The summed E-state index contributed by atoms with van der Waals surface area (Å²) >= 11 is 0. The summed E-state index contributed by atoms with van der Waals surface area (Å²) in [5.74, 6) is -1.65.